The summed E-state index contributed by atoms with van der Waals surface area (Å²) in [5.74, 6) is 2.15. The van der Waals surface area contributed by atoms with Crippen LogP contribution >= 0.6 is 0 Å². The first kappa shape index (κ1) is 20.4. The van der Waals surface area contributed by atoms with Gasteiger partial charge in [0, 0.05) is 24.4 Å². The van der Waals surface area contributed by atoms with Gasteiger partial charge in [-0.25, -0.2) is 14.6 Å². The molecule has 1 heterocycles. The number of esters is 1. The van der Waals surface area contributed by atoms with Gasteiger partial charge in [-0.2, -0.15) is 9.97 Å². The third-order valence-electron chi connectivity index (χ3n) is 4.00. The molecule has 0 aliphatic heterocycles. The number of aliphatic hydroxyl groups excluding tert-OH is 1. The predicted octanol–water partition coefficient (Wildman–Crippen LogP) is 2.80. The minimum absolute atomic E-state index is 0.0169. The molecule has 1 atom stereocenters. The van der Waals surface area contributed by atoms with Crippen molar-refractivity contribution >= 4 is 5.97 Å². The van der Waals surface area contributed by atoms with Crippen molar-refractivity contribution in [1.29, 1.82) is 0 Å². The van der Waals surface area contributed by atoms with Gasteiger partial charge in [0.2, 0.25) is 0 Å². The zero-order valence-electron chi connectivity index (χ0n) is 15.7. The zero-order chi connectivity index (χ0) is 21.3. The number of terminal acetylenes is 2. The van der Waals surface area contributed by atoms with Gasteiger partial charge in [-0.05, 0) is 35.4 Å². The molecule has 7 nitrogen and oxygen atoms in total. The molecule has 148 valence electrons. The third-order valence-corrected chi connectivity index (χ3v) is 4.00. The smallest absolute Gasteiger partial charge is 0.367 e. The van der Waals surface area contributed by atoms with E-state index < -0.39 is 12.1 Å². The van der Waals surface area contributed by atoms with E-state index in [0.29, 0.717) is 23.3 Å². The van der Waals surface area contributed by atoms with E-state index in [0.717, 1.165) is 11.1 Å². The average Bonchev–Trinajstić information content (AvgIpc) is 2.79. The lowest BCUT2D eigenvalue weighted by molar-refractivity contribution is -0.141. The molecule has 0 saturated heterocycles. The average molecular weight is 400 g/mol. The van der Waals surface area contributed by atoms with Crippen molar-refractivity contribution in [3.8, 4) is 47.8 Å². The summed E-state index contributed by atoms with van der Waals surface area (Å²) < 4.78 is 5.37. The molecule has 0 amide bonds. The Morgan fingerprint density at radius 2 is 1.67 bits per heavy atom. The van der Waals surface area contributed by atoms with Crippen LogP contribution in [0, 0.1) is 24.9 Å². The SMILES string of the molecule is C#COOc1ncc(-c2ccc(C(=O)Oc3ccc(CC(O)C#C)cc3)cc2)cn1. The monoisotopic (exact) mass is 400 g/mol. The normalized spacial score (nSPS) is 10.9. The molecule has 0 spiro atoms. The van der Waals surface area contributed by atoms with Crippen LogP contribution in [0.3, 0.4) is 0 Å². The molecule has 0 radical (unpaired) electrons. The Labute approximate surface area is 173 Å². The fraction of sp³-hybridized carbons (Fsp3) is 0.0870. The first-order chi connectivity index (χ1) is 14.6. The maximum absolute atomic E-state index is 12.4. The number of carbonyl (C=O) groups excluding carboxylic acids is 1. The molecular formula is C23H16N2O5. The van der Waals surface area contributed by atoms with E-state index in [-0.39, 0.29) is 6.01 Å². The quantitative estimate of drug-likeness (QED) is 0.214. The van der Waals surface area contributed by atoms with E-state index in [2.05, 4.69) is 25.7 Å². The van der Waals surface area contributed by atoms with Gasteiger partial charge >= 0.3 is 12.0 Å². The van der Waals surface area contributed by atoms with Gasteiger partial charge in [-0.15, -0.1) is 6.42 Å². The topological polar surface area (TPSA) is 90.8 Å². The van der Waals surface area contributed by atoms with Crippen LogP contribution in [0.2, 0.25) is 0 Å². The van der Waals surface area contributed by atoms with E-state index >= 15 is 0 Å². The van der Waals surface area contributed by atoms with Gasteiger partial charge in [0.1, 0.15) is 11.9 Å². The van der Waals surface area contributed by atoms with Crippen molar-refractivity contribution in [2.75, 3.05) is 0 Å². The van der Waals surface area contributed by atoms with Crippen molar-refractivity contribution < 1.29 is 24.4 Å². The molecule has 1 N–H and O–H groups in total. The van der Waals surface area contributed by atoms with Gasteiger partial charge < -0.3 is 9.84 Å². The number of hydrogen-bond donors (Lipinski definition) is 1. The van der Waals surface area contributed by atoms with Crippen LogP contribution in [-0.2, 0) is 11.3 Å². The zero-order valence-corrected chi connectivity index (χ0v) is 15.7. The first-order valence-electron chi connectivity index (χ1n) is 8.76. The number of benzene rings is 2. The standard InChI is InChI=1S/C23H16N2O5/c1-3-20(26)13-16-5-11-21(12-6-16)29-22(27)18-9-7-17(8-10-18)19-14-24-23(25-15-19)30-28-4-2/h1-2,5-12,14-15,20,26H,13H2. The second kappa shape index (κ2) is 9.74. The summed E-state index contributed by atoms with van der Waals surface area (Å²) in [5, 5.41) is 9.48. The number of nitrogens with zero attached hydrogens (tertiary/aromatic N) is 2. The van der Waals surface area contributed by atoms with E-state index in [1.165, 1.54) is 12.4 Å². The van der Waals surface area contributed by atoms with Crippen LogP contribution in [0.25, 0.3) is 11.1 Å². The molecule has 0 aliphatic carbocycles. The van der Waals surface area contributed by atoms with Crippen molar-refractivity contribution in [2.45, 2.75) is 12.5 Å². The maximum atomic E-state index is 12.4. The summed E-state index contributed by atoms with van der Waals surface area (Å²) in [5.41, 5.74) is 2.74. The minimum atomic E-state index is -0.845. The molecule has 0 aliphatic rings. The number of aromatic nitrogens is 2. The fourth-order valence-electron chi connectivity index (χ4n) is 2.51. The summed E-state index contributed by atoms with van der Waals surface area (Å²) in [6.07, 6.45) is 14.5. The highest BCUT2D eigenvalue weighted by atomic mass is 17.2. The summed E-state index contributed by atoms with van der Waals surface area (Å²) in [4.78, 5) is 29.2. The predicted molar refractivity (Wildman–Crippen MR) is 108 cm³/mol. The molecule has 0 fully saturated rings. The minimum Gasteiger partial charge on any atom is -0.423 e. The van der Waals surface area contributed by atoms with Crippen LogP contribution in [0.4, 0.5) is 0 Å². The summed E-state index contributed by atoms with van der Waals surface area (Å²) >= 11 is 0. The highest BCUT2D eigenvalue weighted by Gasteiger charge is 2.10. The number of aliphatic hydroxyl groups is 1. The Morgan fingerprint density at radius 1 is 1.00 bits per heavy atom. The molecular weight excluding hydrogens is 384 g/mol. The van der Waals surface area contributed by atoms with Crippen molar-refractivity contribution in [1.82, 2.24) is 9.97 Å². The Kier molecular flexibility index (Phi) is 6.63. The molecule has 0 saturated carbocycles. The van der Waals surface area contributed by atoms with Crippen LogP contribution in [-0.4, -0.2) is 27.1 Å². The fourth-order valence-corrected chi connectivity index (χ4v) is 2.51. The number of ether oxygens (including phenoxy) is 1. The van der Waals surface area contributed by atoms with Gasteiger partial charge in [-0.3, -0.25) is 0 Å². The van der Waals surface area contributed by atoms with Crippen molar-refractivity contribution in [3.05, 3.63) is 72.1 Å². The van der Waals surface area contributed by atoms with Crippen LogP contribution in [0.1, 0.15) is 15.9 Å². The van der Waals surface area contributed by atoms with Gasteiger partial charge in [-0.1, -0.05) is 36.6 Å². The molecule has 0 bridgehead atoms. The lowest BCUT2D eigenvalue weighted by atomic mass is 10.1. The Balaban J connectivity index is 1.62. The molecule has 30 heavy (non-hydrogen) atoms. The Morgan fingerprint density at radius 3 is 2.27 bits per heavy atom. The van der Waals surface area contributed by atoms with E-state index in [9.17, 15) is 9.90 Å². The summed E-state index contributed by atoms with van der Waals surface area (Å²) in [6, 6.07) is 13.5. The molecule has 3 rings (SSSR count). The molecule has 1 aromatic heterocycles. The third kappa shape index (κ3) is 5.35. The van der Waals surface area contributed by atoms with Crippen molar-refractivity contribution in [2.24, 2.45) is 0 Å². The number of carbonyl (C=O) groups is 1. The number of rotatable bonds is 7. The van der Waals surface area contributed by atoms with Crippen molar-refractivity contribution in [3.63, 3.8) is 0 Å². The summed E-state index contributed by atoms with van der Waals surface area (Å²) in [7, 11) is 0. The first-order valence-corrected chi connectivity index (χ1v) is 8.76. The second-order valence-corrected chi connectivity index (χ2v) is 6.04. The Hall–Kier alpha value is -4.33. The highest BCUT2D eigenvalue weighted by molar-refractivity contribution is 5.91. The lowest BCUT2D eigenvalue weighted by Gasteiger charge is -2.07. The van der Waals surface area contributed by atoms with Crippen LogP contribution in [0.15, 0.2) is 60.9 Å². The molecule has 7 heteroatoms. The summed E-state index contributed by atoms with van der Waals surface area (Å²) in [6.45, 7) is 0. The van der Waals surface area contributed by atoms with Gasteiger partial charge in [0.15, 0.2) is 6.11 Å². The van der Waals surface area contributed by atoms with Gasteiger partial charge in [0.05, 0.1) is 5.56 Å². The molecule has 1 unspecified atom stereocenters. The largest absolute Gasteiger partial charge is 0.423 e. The Bertz CT molecular complexity index is 1080. The maximum Gasteiger partial charge on any atom is 0.367 e. The lowest BCUT2D eigenvalue weighted by Crippen LogP contribution is -2.09. The van der Waals surface area contributed by atoms with E-state index in [1.807, 2.05) is 6.11 Å². The second-order valence-electron chi connectivity index (χ2n) is 6.04. The van der Waals surface area contributed by atoms with E-state index in [1.54, 1.807) is 48.5 Å². The van der Waals surface area contributed by atoms with Gasteiger partial charge in [0.25, 0.3) is 0 Å². The molecule has 2 aromatic carbocycles. The number of hydrogen-bond acceptors (Lipinski definition) is 7. The van der Waals surface area contributed by atoms with E-state index in [4.69, 9.17) is 17.6 Å². The highest BCUT2D eigenvalue weighted by Crippen LogP contribution is 2.21. The molecule has 3 aromatic rings. The van der Waals surface area contributed by atoms with Crippen LogP contribution in [0.5, 0.6) is 11.8 Å². The van der Waals surface area contributed by atoms with Crippen LogP contribution < -0.4 is 9.62 Å².